The molecule has 0 bridgehead atoms. The fourth-order valence-electron chi connectivity index (χ4n) is 1.90. The van der Waals surface area contributed by atoms with Gasteiger partial charge in [0, 0.05) is 17.7 Å². The Morgan fingerprint density at radius 3 is 2.87 bits per heavy atom. The lowest BCUT2D eigenvalue weighted by atomic mass is 9.72. The summed E-state index contributed by atoms with van der Waals surface area (Å²) in [6.07, 6.45) is 1.65. The van der Waals surface area contributed by atoms with Crippen molar-refractivity contribution in [1.29, 1.82) is 0 Å². The summed E-state index contributed by atoms with van der Waals surface area (Å²) >= 11 is 0. The zero-order valence-corrected chi connectivity index (χ0v) is 8.51. The van der Waals surface area contributed by atoms with E-state index in [1.807, 2.05) is 12.1 Å². The molecule has 0 spiro atoms. The van der Waals surface area contributed by atoms with Gasteiger partial charge in [-0.1, -0.05) is 6.07 Å². The van der Waals surface area contributed by atoms with Crippen LogP contribution in [0.5, 0.6) is 5.88 Å². The summed E-state index contributed by atoms with van der Waals surface area (Å²) in [7, 11) is 1.56. The summed E-state index contributed by atoms with van der Waals surface area (Å²) in [5.74, 6) is -0.401. The van der Waals surface area contributed by atoms with Crippen molar-refractivity contribution in [2.45, 2.75) is 18.8 Å². The molecule has 1 aromatic heterocycles. The number of hydrogen-bond donors (Lipinski definition) is 1. The van der Waals surface area contributed by atoms with Crippen LogP contribution in [0.4, 0.5) is 0 Å². The summed E-state index contributed by atoms with van der Waals surface area (Å²) in [6.45, 7) is 0. The van der Waals surface area contributed by atoms with E-state index in [-0.39, 0.29) is 11.8 Å². The molecule has 0 amide bonds. The highest BCUT2D eigenvalue weighted by Gasteiger charge is 2.38. The molecule has 4 nitrogen and oxygen atoms in total. The van der Waals surface area contributed by atoms with Crippen molar-refractivity contribution in [3.8, 4) is 5.88 Å². The lowest BCUT2D eigenvalue weighted by molar-refractivity contribution is -0.145. The second-order valence-electron chi connectivity index (χ2n) is 3.73. The number of aliphatic carboxylic acids is 1. The molecule has 1 aromatic rings. The molecule has 2 atom stereocenters. The van der Waals surface area contributed by atoms with Gasteiger partial charge < -0.3 is 9.84 Å². The Kier molecular flexibility index (Phi) is 2.58. The molecule has 0 saturated heterocycles. The number of carboxylic acid groups (broad SMARTS) is 1. The fourth-order valence-corrected chi connectivity index (χ4v) is 1.90. The molecule has 80 valence electrons. The summed E-state index contributed by atoms with van der Waals surface area (Å²) in [4.78, 5) is 15.1. The highest BCUT2D eigenvalue weighted by Crippen LogP contribution is 2.42. The van der Waals surface area contributed by atoms with Crippen molar-refractivity contribution in [2.24, 2.45) is 5.92 Å². The molecule has 1 aliphatic rings. The monoisotopic (exact) mass is 207 g/mol. The zero-order chi connectivity index (χ0) is 10.8. The van der Waals surface area contributed by atoms with Crippen molar-refractivity contribution in [3.63, 3.8) is 0 Å². The van der Waals surface area contributed by atoms with Gasteiger partial charge in [0.15, 0.2) is 0 Å². The summed E-state index contributed by atoms with van der Waals surface area (Å²) in [6, 6.07) is 5.47. The van der Waals surface area contributed by atoms with Gasteiger partial charge in [-0.3, -0.25) is 4.79 Å². The number of hydrogen-bond acceptors (Lipinski definition) is 3. The van der Waals surface area contributed by atoms with Gasteiger partial charge in [-0.05, 0) is 18.9 Å². The maximum Gasteiger partial charge on any atom is 0.307 e. The summed E-state index contributed by atoms with van der Waals surface area (Å²) in [5.41, 5.74) is 0.827. The predicted octanol–water partition coefficient (Wildman–Crippen LogP) is 1.67. The van der Waals surface area contributed by atoms with E-state index in [9.17, 15) is 4.79 Å². The quantitative estimate of drug-likeness (QED) is 0.819. The van der Waals surface area contributed by atoms with Crippen molar-refractivity contribution in [1.82, 2.24) is 4.98 Å². The van der Waals surface area contributed by atoms with E-state index in [0.717, 1.165) is 18.5 Å². The van der Waals surface area contributed by atoms with Crippen LogP contribution in [-0.2, 0) is 4.79 Å². The standard InChI is InChI=1S/C11H13NO3/c1-15-10-4-2-3-9(12-10)7-5-6-8(7)11(13)14/h2-4,7-8H,5-6H2,1H3,(H,13,14)/t7-,8?/m1/s1. The number of aromatic nitrogens is 1. The molecule has 1 N–H and O–H groups in total. The van der Waals surface area contributed by atoms with E-state index >= 15 is 0 Å². The zero-order valence-electron chi connectivity index (χ0n) is 8.51. The average molecular weight is 207 g/mol. The van der Waals surface area contributed by atoms with Crippen LogP contribution in [0.1, 0.15) is 24.5 Å². The van der Waals surface area contributed by atoms with Gasteiger partial charge in [0.2, 0.25) is 5.88 Å². The van der Waals surface area contributed by atoms with Crippen LogP contribution in [0.15, 0.2) is 18.2 Å². The molecule has 1 fully saturated rings. The minimum absolute atomic E-state index is 0.0533. The lowest BCUT2D eigenvalue weighted by Gasteiger charge is -2.32. The highest BCUT2D eigenvalue weighted by atomic mass is 16.5. The predicted molar refractivity (Wildman–Crippen MR) is 53.9 cm³/mol. The average Bonchev–Trinajstić information content (AvgIpc) is 2.15. The van der Waals surface area contributed by atoms with E-state index < -0.39 is 5.97 Å². The Morgan fingerprint density at radius 2 is 2.33 bits per heavy atom. The summed E-state index contributed by atoms with van der Waals surface area (Å²) in [5, 5.41) is 8.93. The molecule has 0 radical (unpaired) electrons. The van der Waals surface area contributed by atoms with Crippen molar-refractivity contribution >= 4 is 5.97 Å². The maximum absolute atomic E-state index is 10.9. The largest absolute Gasteiger partial charge is 0.481 e. The van der Waals surface area contributed by atoms with Crippen molar-refractivity contribution in [3.05, 3.63) is 23.9 Å². The molecule has 1 saturated carbocycles. The molecule has 15 heavy (non-hydrogen) atoms. The smallest absolute Gasteiger partial charge is 0.307 e. The van der Waals surface area contributed by atoms with Gasteiger partial charge in [-0.25, -0.2) is 4.98 Å². The molecule has 4 heteroatoms. The Morgan fingerprint density at radius 1 is 1.53 bits per heavy atom. The Hall–Kier alpha value is -1.58. The van der Waals surface area contributed by atoms with Gasteiger partial charge in [-0.2, -0.15) is 0 Å². The third kappa shape index (κ3) is 1.79. The topological polar surface area (TPSA) is 59.4 Å². The van der Waals surface area contributed by atoms with Crippen LogP contribution in [0.25, 0.3) is 0 Å². The van der Waals surface area contributed by atoms with Gasteiger partial charge in [0.1, 0.15) is 0 Å². The van der Waals surface area contributed by atoms with Crippen molar-refractivity contribution in [2.75, 3.05) is 7.11 Å². The first kappa shape index (κ1) is 9.96. The van der Waals surface area contributed by atoms with Crippen LogP contribution < -0.4 is 4.74 Å². The van der Waals surface area contributed by atoms with Crippen LogP contribution >= 0.6 is 0 Å². The Labute approximate surface area is 87.9 Å². The second kappa shape index (κ2) is 3.88. The van der Waals surface area contributed by atoms with Gasteiger partial charge in [0.25, 0.3) is 0 Å². The molecule has 1 aliphatic carbocycles. The van der Waals surface area contributed by atoms with E-state index in [1.165, 1.54) is 0 Å². The second-order valence-corrected chi connectivity index (χ2v) is 3.73. The van der Waals surface area contributed by atoms with Gasteiger partial charge >= 0.3 is 5.97 Å². The highest BCUT2D eigenvalue weighted by molar-refractivity contribution is 5.72. The molecule has 0 aromatic carbocycles. The molecular formula is C11H13NO3. The van der Waals surface area contributed by atoms with Crippen LogP contribution in [0.3, 0.4) is 0 Å². The minimum Gasteiger partial charge on any atom is -0.481 e. The lowest BCUT2D eigenvalue weighted by Crippen LogP contribution is -2.31. The summed E-state index contributed by atoms with van der Waals surface area (Å²) < 4.78 is 5.01. The van der Waals surface area contributed by atoms with Crippen LogP contribution in [-0.4, -0.2) is 23.2 Å². The van der Waals surface area contributed by atoms with Gasteiger partial charge in [0.05, 0.1) is 13.0 Å². The van der Waals surface area contributed by atoms with E-state index in [1.54, 1.807) is 13.2 Å². The van der Waals surface area contributed by atoms with Crippen LogP contribution in [0.2, 0.25) is 0 Å². The third-order valence-corrected chi connectivity index (χ3v) is 2.93. The number of carboxylic acids is 1. The van der Waals surface area contributed by atoms with Crippen molar-refractivity contribution < 1.29 is 14.6 Å². The maximum atomic E-state index is 10.9. The number of methoxy groups -OCH3 is 1. The van der Waals surface area contributed by atoms with Crippen LogP contribution in [0, 0.1) is 5.92 Å². The molecule has 0 aliphatic heterocycles. The number of ether oxygens (including phenoxy) is 1. The fraction of sp³-hybridized carbons (Fsp3) is 0.455. The van der Waals surface area contributed by atoms with Gasteiger partial charge in [-0.15, -0.1) is 0 Å². The van der Waals surface area contributed by atoms with E-state index in [4.69, 9.17) is 9.84 Å². The molecular weight excluding hydrogens is 194 g/mol. The first-order valence-corrected chi connectivity index (χ1v) is 4.96. The SMILES string of the molecule is COc1cccc([C@@H]2CCC2C(=O)O)n1. The first-order valence-electron chi connectivity index (χ1n) is 4.96. The third-order valence-electron chi connectivity index (χ3n) is 2.93. The first-order chi connectivity index (χ1) is 7.22. The molecule has 1 unspecified atom stereocenters. The number of nitrogens with zero attached hydrogens (tertiary/aromatic N) is 1. The number of pyridine rings is 1. The number of carbonyl (C=O) groups is 1. The van der Waals surface area contributed by atoms with E-state index in [2.05, 4.69) is 4.98 Å². The van der Waals surface area contributed by atoms with E-state index in [0.29, 0.717) is 5.88 Å². The number of rotatable bonds is 3. The Bertz CT molecular complexity index is 378. The Balaban J connectivity index is 2.19. The molecule has 2 rings (SSSR count). The minimum atomic E-state index is -0.726. The normalized spacial score (nSPS) is 24.3. The molecule has 1 heterocycles.